The fourth-order valence-corrected chi connectivity index (χ4v) is 1.54. The quantitative estimate of drug-likeness (QED) is 0.126. The molecule has 11 heteroatoms. The van der Waals surface area contributed by atoms with Gasteiger partial charge in [0.05, 0.1) is 26.9 Å². The number of hydrogen-bond donors (Lipinski definition) is 1. The van der Waals surface area contributed by atoms with Gasteiger partial charge in [0, 0.05) is 0 Å². The maximum atomic E-state index is 11.6. The molecular weight excluding hydrogens is 380 g/mol. The van der Waals surface area contributed by atoms with Crippen LogP contribution in [0.4, 0.5) is 0 Å². The Kier molecular flexibility index (Phi) is 13.6. The largest absolute Gasteiger partial charge is 0.469 e. The normalized spacial score (nSPS) is 12.6. The molecule has 0 rings (SSSR count). The summed E-state index contributed by atoms with van der Waals surface area (Å²) in [6, 6.07) is 0. The van der Waals surface area contributed by atoms with Crippen LogP contribution in [-0.4, -0.2) is 81.5 Å². The van der Waals surface area contributed by atoms with Crippen molar-refractivity contribution < 1.29 is 52.7 Å². The van der Waals surface area contributed by atoms with Gasteiger partial charge in [0.25, 0.3) is 0 Å². The number of aliphatic hydroxyl groups is 1. The molecule has 162 valence electrons. The van der Waals surface area contributed by atoms with Gasteiger partial charge in [-0.2, -0.15) is 0 Å². The Balaban J connectivity index is 3.63. The van der Waals surface area contributed by atoms with Crippen molar-refractivity contribution in [2.24, 2.45) is 0 Å². The number of methoxy groups -OCH3 is 1. The van der Waals surface area contributed by atoms with E-state index in [0.29, 0.717) is 6.42 Å². The summed E-state index contributed by atoms with van der Waals surface area (Å²) in [6.45, 7) is 2.78. The second-order valence-electron chi connectivity index (χ2n) is 5.74. The average molecular weight is 408 g/mol. The average Bonchev–Trinajstić information content (AvgIpc) is 2.66. The van der Waals surface area contributed by atoms with E-state index in [2.05, 4.69) is 4.74 Å². The molecule has 1 atom stereocenters. The molecular formula is C17H28O11. The molecule has 0 saturated carbocycles. The van der Waals surface area contributed by atoms with Gasteiger partial charge in [-0.05, 0) is 13.3 Å². The zero-order valence-corrected chi connectivity index (χ0v) is 16.4. The molecule has 0 aromatic rings. The number of carbonyl (C=O) groups excluding carboxylic acids is 4. The summed E-state index contributed by atoms with van der Waals surface area (Å²) in [4.78, 5) is 45.0. The van der Waals surface area contributed by atoms with Crippen LogP contribution in [0, 0.1) is 0 Å². The zero-order valence-electron chi connectivity index (χ0n) is 16.4. The van der Waals surface area contributed by atoms with Crippen LogP contribution in [-0.2, 0) is 47.6 Å². The van der Waals surface area contributed by atoms with Crippen molar-refractivity contribution in [3.8, 4) is 0 Å². The lowest BCUT2D eigenvalue weighted by atomic mass is 10.1. The molecule has 0 aliphatic carbocycles. The van der Waals surface area contributed by atoms with Gasteiger partial charge >= 0.3 is 23.9 Å². The van der Waals surface area contributed by atoms with Crippen molar-refractivity contribution in [1.29, 1.82) is 0 Å². The van der Waals surface area contributed by atoms with E-state index in [9.17, 15) is 19.2 Å². The third kappa shape index (κ3) is 13.0. The molecule has 28 heavy (non-hydrogen) atoms. The molecule has 0 amide bonds. The van der Waals surface area contributed by atoms with Gasteiger partial charge in [-0.15, -0.1) is 0 Å². The molecule has 0 fully saturated rings. The van der Waals surface area contributed by atoms with E-state index >= 15 is 0 Å². The van der Waals surface area contributed by atoms with E-state index in [1.165, 1.54) is 0 Å². The number of ether oxygens (including phenoxy) is 6. The number of esters is 4. The summed E-state index contributed by atoms with van der Waals surface area (Å²) in [6.07, 6.45) is -0.630. The van der Waals surface area contributed by atoms with Crippen molar-refractivity contribution in [3.05, 3.63) is 0 Å². The van der Waals surface area contributed by atoms with Gasteiger partial charge in [0.1, 0.15) is 38.4 Å². The summed E-state index contributed by atoms with van der Waals surface area (Å²) in [5.41, 5.74) is -1.02. The van der Waals surface area contributed by atoms with Gasteiger partial charge in [0.2, 0.25) is 0 Å². The second-order valence-corrected chi connectivity index (χ2v) is 5.74. The second kappa shape index (κ2) is 14.8. The van der Waals surface area contributed by atoms with Gasteiger partial charge in [0.15, 0.2) is 0 Å². The smallest absolute Gasteiger partial charge is 0.317 e. The van der Waals surface area contributed by atoms with E-state index < -0.39 is 42.3 Å². The summed E-state index contributed by atoms with van der Waals surface area (Å²) < 4.78 is 28.9. The number of carbonyl (C=O) groups is 4. The van der Waals surface area contributed by atoms with E-state index in [1.807, 2.05) is 0 Å². The molecule has 1 N–H and O–H groups in total. The predicted molar refractivity (Wildman–Crippen MR) is 91.8 cm³/mol. The number of rotatable bonds is 15. The predicted octanol–water partition coefficient (Wildman–Crippen LogP) is -0.279. The standard InChI is InChI=1S/C17H28O11/c1-4-17(2,11-18)28-16(22)10-15(21)27-8-6-25-12-24-5-7-26-14(20)9-13(19)23-3/h18H,4-12H2,1-3H3. The Hall–Kier alpha value is -2.24. The lowest BCUT2D eigenvalue weighted by Gasteiger charge is -2.25. The highest BCUT2D eigenvalue weighted by atomic mass is 16.7. The van der Waals surface area contributed by atoms with Crippen molar-refractivity contribution in [1.82, 2.24) is 0 Å². The molecule has 0 aliphatic heterocycles. The molecule has 0 aromatic heterocycles. The summed E-state index contributed by atoms with van der Waals surface area (Å²) in [5, 5.41) is 9.15. The summed E-state index contributed by atoms with van der Waals surface area (Å²) in [5.74, 6) is -2.97. The lowest BCUT2D eigenvalue weighted by molar-refractivity contribution is -0.168. The molecule has 1 unspecified atom stereocenters. The molecule has 0 heterocycles. The molecule has 0 saturated heterocycles. The van der Waals surface area contributed by atoms with Crippen molar-refractivity contribution in [2.75, 3.05) is 46.9 Å². The summed E-state index contributed by atoms with van der Waals surface area (Å²) in [7, 11) is 1.16. The van der Waals surface area contributed by atoms with E-state index in [1.54, 1.807) is 13.8 Å². The minimum atomic E-state index is -1.02. The minimum Gasteiger partial charge on any atom is -0.469 e. The molecule has 0 bridgehead atoms. The maximum Gasteiger partial charge on any atom is 0.317 e. The highest BCUT2D eigenvalue weighted by Crippen LogP contribution is 2.15. The highest BCUT2D eigenvalue weighted by Gasteiger charge is 2.27. The van der Waals surface area contributed by atoms with Crippen LogP contribution in [0.25, 0.3) is 0 Å². The van der Waals surface area contributed by atoms with Crippen LogP contribution in [0.1, 0.15) is 33.1 Å². The fourth-order valence-electron chi connectivity index (χ4n) is 1.54. The third-order valence-electron chi connectivity index (χ3n) is 3.40. The van der Waals surface area contributed by atoms with E-state index in [0.717, 1.165) is 7.11 Å². The Morgan fingerprint density at radius 3 is 1.75 bits per heavy atom. The summed E-state index contributed by atoms with van der Waals surface area (Å²) >= 11 is 0. The van der Waals surface area contributed by atoms with Gasteiger partial charge in [-0.3, -0.25) is 19.2 Å². The van der Waals surface area contributed by atoms with Crippen LogP contribution in [0.5, 0.6) is 0 Å². The van der Waals surface area contributed by atoms with Crippen LogP contribution < -0.4 is 0 Å². The molecule has 0 radical (unpaired) electrons. The van der Waals surface area contributed by atoms with Crippen LogP contribution in [0.2, 0.25) is 0 Å². The SMILES string of the molecule is CCC(C)(CO)OC(=O)CC(=O)OCCOCOCCOC(=O)CC(=O)OC. The van der Waals surface area contributed by atoms with Crippen LogP contribution in [0.15, 0.2) is 0 Å². The maximum absolute atomic E-state index is 11.6. The lowest BCUT2D eigenvalue weighted by Crippen LogP contribution is -2.35. The zero-order chi connectivity index (χ0) is 21.4. The Bertz CT molecular complexity index is 499. The molecule has 11 nitrogen and oxygen atoms in total. The molecule has 0 aromatic carbocycles. The van der Waals surface area contributed by atoms with Crippen LogP contribution in [0.3, 0.4) is 0 Å². The monoisotopic (exact) mass is 408 g/mol. The van der Waals surface area contributed by atoms with Gasteiger partial charge in [-0.25, -0.2) is 0 Å². The van der Waals surface area contributed by atoms with Crippen molar-refractivity contribution in [2.45, 2.75) is 38.7 Å². The van der Waals surface area contributed by atoms with Crippen molar-refractivity contribution >= 4 is 23.9 Å². The fraction of sp³-hybridized carbons (Fsp3) is 0.765. The number of hydrogen-bond acceptors (Lipinski definition) is 11. The minimum absolute atomic E-state index is 0.0340. The first-order valence-corrected chi connectivity index (χ1v) is 8.62. The highest BCUT2D eigenvalue weighted by molar-refractivity contribution is 5.91. The van der Waals surface area contributed by atoms with Gasteiger partial charge < -0.3 is 33.5 Å². The Morgan fingerprint density at radius 1 is 0.821 bits per heavy atom. The van der Waals surface area contributed by atoms with E-state index in [4.69, 9.17) is 28.8 Å². The van der Waals surface area contributed by atoms with E-state index in [-0.39, 0.29) is 39.8 Å². The van der Waals surface area contributed by atoms with Crippen molar-refractivity contribution in [3.63, 3.8) is 0 Å². The van der Waals surface area contributed by atoms with Gasteiger partial charge in [-0.1, -0.05) is 6.92 Å². The topological polar surface area (TPSA) is 144 Å². The third-order valence-corrected chi connectivity index (χ3v) is 3.40. The Morgan fingerprint density at radius 2 is 1.32 bits per heavy atom. The number of aliphatic hydroxyl groups excluding tert-OH is 1. The first kappa shape index (κ1) is 25.8. The first-order chi connectivity index (χ1) is 13.3. The Labute approximate surface area is 163 Å². The molecule has 0 spiro atoms. The first-order valence-electron chi connectivity index (χ1n) is 8.62. The molecule has 0 aliphatic rings. The van der Waals surface area contributed by atoms with Crippen LogP contribution >= 0.6 is 0 Å².